The van der Waals surface area contributed by atoms with Gasteiger partial charge in [-0.15, -0.1) is 0 Å². The van der Waals surface area contributed by atoms with Crippen molar-refractivity contribution in [3.63, 3.8) is 0 Å². The van der Waals surface area contributed by atoms with Gasteiger partial charge in [0.1, 0.15) is 5.56 Å². The number of nitrogens with one attached hydrogen (secondary N) is 1. The van der Waals surface area contributed by atoms with Crippen LogP contribution in [0.4, 0.5) is 0 Å². The van der Waals surface area contributed by atoms with Gasteiger partial charge in [0.2, 0.25) is 0 Å². The van der Waals surface area contributed by atoms with Crippen molar-refractivity contribution in [1.82, 2.24) is 9.88 Å². The molecule has 2 unspecified atom stereocenters. The normalized spacial score (nSPS) is 19.6. The fraction of sp³-hybridized carbons (Fsp3) is 0.412. The number of nitrogens with zero attached hydrogens (tertiary/aromatic N) is 1. The molecule has 116 valence electrons. The van der Waals surface area contributed by atoms with Crippen LogP contribution in [-0.2, 0) is 0 Å². The Kier molecular flexibility index (Phi) is 3.74. The molecule has 1 aromatic carbocycles. The maximum absolute atomic E-state index is 12.7. The molecule has 2 heterocycles. The van der Waals surface area contributed by atoms with E-state index < -0.39 is 6.10 Å². The monoisotopic (exact) mass is 300 g/mol. The Morgan fingerprint density at radius 3 is 2.82 bits per heavy atom. The number of amides is 1. The Balaban J connectivity index is 2.00. The van der Waals surface area contributed by atoms with E-state index >= 15 is 0 Å². The molecule has 2 N–H and O–H groups in total. The summed E-state index contributed by atoms with van der Waals surface area (Å²) >= 11 is 0. The summed E-state index contributed by atoms with van der Waals surface area (Å²) in [6.07, 6.45) is 0.335. The largest absolute Gasteiger partial charge is 0.393 e. The SMILES string of the molecule is Cc1c(C(=O)N2CCC(C(C)O)C2)c(=O)[nH]c2ccccc12. The first kappa shape index (κ1) is 14.8. The summed E-state index contributed by atoms with van der Waals surface area (Å²) in [4.78, 5) is 29.5. The highest BCUT2D eigenvalue weighted by Crippen LogP contribution is 2.23. The van der Waals surface area contributed by atoms with E-state index in [9.17, 15) is 14.7 Å². The lowest BCUT2D eigenvalue weighted by Crippen LogP contribution is -2.35. The minimum Gasteiger partial charge on any atom is -0.393 e. The number of likely N-dealkylation sites (tertiary alicyclic amines) is 1. The fourth-order valence-electron chi connectivity index (χ4n) is 3.19. The second-order valence-corrected chi connectivity index (χ2v) is 6.04. The maximum atomic E-state index is 12.7. The summed E-state index contributed by atoms with van der Waals surface area (Å²) in [6.45, 7) is 4.64. The number of aromatic amines is 1. The van der Waals surface area contributed by atoms with Crippen molar-refractivity contribution >= 4 is 16.8 Å². The number of benzene rings is 1. The zero-order valence-corrected chi connectivity index (χ0v) is 12.8. The molecule has 0 aliphatic carbocycles. The van der Waals surface area contributed by atoms with Gasteiger partial charge in [0, 0.05) is 29.9 Å². The van der Waals surface area contributed by atoms with Gasteiger partial charge in [0.15, 0.2) is 0 Å². The number of H-pyrrole nitrogens is 1. The summed E-state index contributed by atoms with van der Waals surface area (Å²) in [6, 6.07) is 7.48. The van der Waals surface area contributed by atoms with Crippen molar-refractivity contribution < 1.29 is 9.90 Å². The highest BCUT2D eigenvalue weighted by Gasteiger charge is 2.31. The Hall–Kier alpha value is -2.14. The lowest BCUT2D eigenvalue weighted by molar-refractivity contribution is 0.0760. The molecule has 0 saturated carbocycles. The van der Waals surface area contributed by atoms with E-state index in [4.69, 9.17) is 0 Å². The van der Waals surface area contributed by atoms with Crippen LogP contribution in [0.5, 0.6) is 0 Å². The number of carbonyl (C=O) groups excluding carboxylic acids is 1. The number of aromatic nitrogens is 1. The second kappa shape index (κ2) is 5.57. The lowest BCUT2D eigenvalue weighted by atomic mass is 10.0. The van der Waals surface area contributed by atoms with E-state index in [-0.39, 0.29) is 22.9 Å². The summed E-state index contributed by atoms with van der Waals surface area (Å²) in [7, 11) is 0. The third kappa shape index (κ3) is 2.41. The maximum Gasteiger partial charge on any atom is 0.261 e. The average Bonchev–Trinajstić information content (AvgIpc) is 2.97. The molecule has 22 heavy (non-hydrogen) atoms. The van der Waals surface area contributed by atoms with Crippen molar-refractivity contribution in [3.8, 4) is 0 Å². The van der Waals surface area contributed by atoms with Gasteiger partial charge in [-0.25, -0.2) is 0 Å². The van der Waals surface area contributed by atoms with Crippen molar-refractivity contribution in [2.75, 3.05) is 13.1 Å². The lowest BCUT2D eigenvalue weighted by Gasteiger charge is -2.19. The third-order valence-electron chi connectivity index (χ3n) is 4.59. The number of aryl methyl sites for hydroxylation is 1. The topological polar surface area (TPSA) is 73.4 Å². The minimum atomic E-state index is -0.436. The van der Waals surface area contributed by atoms with E-state index in [0.717, 1.165) is 17.3 Å². The van der Waals surface area contributed by atoms with Crippen molar-refractivity contribution in [2.24, 2.45) is 5.92 Å². The van der Waals surface area contributed by atoms with Gasteiger partial charge in [-0.3, -0.25) is 9.59 Å². The first-order valence-electron chi connectivity index (χ1n) is 7.58. The van der Waals surface area contributed by atoms with Crippen molar-refractivity contribution in [3.05, 3.63) is 45.7 Å². The molecule has 5 heteroatoms. The molecule has 1 aromatic heterocycles. The molecular weight excluding hydrogens is 280 g/mol. The molecule has 0 spiro atoms. The summed E-state index contributed by atoms with van der Waals surface area (Å²) < 4.78 is 0. The average molecular weight is 300 g/mol. The Morgan fingerprint density at radius 2 is 2.14 bits per heavy atom. The van der Waals surface area contributed by atoms with Crippen LogP contribution in [0, 0.1) is 12.8 Å². The molecule has 1 aliphatic rings. The first-order valence-corrected chi connectivity index (χ1v) is 7.58. The van der Waals surface area contributed by atoms with Crippen molar-refractivity contribution in [1.29, 1.82) is 0 Å². The molecular formula is C17H20N2O3. The van der Waals surface area contributed by atoms with Crippen LogP contribution >= 0.6 is 0 Å². The minimum absolute atomic E-state index is 0.0868. The predicted molar refractivity (Wildman–Crippen MR) is 85.0 cm³/mol. The molecule has 1 saturated heterocycles. The van der Waals surface area contributed by atoms with E-state index in [1.807, 2.05) is 31.2 Å². The smallest absolute Gasteiger partial charge is 0.261 e. The van der Waals surface area contributed by atoms with E-state index in [1.165, 1.54) is 0 Å². The number of para-hydroxylation sites is 1. The number of hydrogen-bond donors (Lipinski definition) is 2. The summed E-state index contributed by atoms with van der Waals surface area (Å²) in [5, 5.41) is 10.6. The van der Waals surface area contributed by atoms with Gasteiger partial charge in [0.05, 0.1) is 6.10 Å². The highest BCUT2D eigenvalue weighted by atomic mass is 16.3. The van der Waals surface area contributed by atoms with E-state index in [2.05, 4.69) is 4.98 Å². The number of pyridine rings is 1. The summed E-state index contributed by atoms with van der Waals surface area (Å²) in [5.74, 6) is -0.156. The van der Waals surface area contributed by atoms with E-state index in [0.29, 0.717) is 18.7 Å². The van der Waals surface area contributed by atoms with Crippen LogP contribution in [0.15, 0.2) is 29.1 Å². The van der Waals surface area contributed by atoms with Gasteiger partial charge in [-0.1, -0.05) is 18.2 Å². The molecule has 1 aliphatic heterocycles. The molecule has 5 nitrogen and oxygen atoms in total. The number of hydrogen-bond acceptors (Lipinski definition) is 3. The zero-order chi connectivity index (χ0) is 15.9. The first-order chi connectivity index (χ1) is 10.5. The Labute approximate surface area is 128 Å². The quantitative estimate of drug-likeness (QED) is 0.886. The van der Waals surface area contributed by atoms with Crippen LogP contribution in [-0.4, -0.2) is 40.1 Å². The van der Waals surface area contributed by atoms with Crippen LogP contribution in [0.1, 0.15) is 29.3 Å². The Morgan fingerprint density at radius 1 is 1.41 bits per heavy atom. The molecule has 1 fully saturated rings. The summed E-state index contributed by atoms with van der Waals surface area (Å²) in [5.41, 5.74) is 1.32. The number of aliphatic hydroxyl groups is 1. The third-order valence-corrected chi connectivity index (χ3v) is 4.59. The Bertz CT molecular complexity index is 779. The zero-order valence-electron chi connectivity index (χ0n) is 12.8. The highest BCUT2D eigenvalue weighted by molar-refractivity contribution is 6.00. The predicted octanol–water partition coefficient (Wildman–Crippen LogP) is 1.68. The van der Waals surface area contributed by atoms with Crippen LogP contribution in [0.2, 0.25) is 0 Å². The van der Waals surface area contributed by atoms with Crippen molar-refractivity contribution in [2.45, 2.75) is 26.4 Å². The van der Waals surface area contributed by atoms with Crippen LogP contribution in [0.25, 0.3) is 10.9 Å². The fourth-order valence-corrected chi connectivity index (χ4v) is 3.19. The van der Waals surface area contributed by atoms with Gasteiger partial charge >= 0.3 is 0 Å². The molecule has 2 aromatic rings. The van der Waals surface area contributed by atoms with Gasteiger partial charge < -0.3 is 15.0 Å². The van der Waals surface area contributed by atoms with Gasteiger partial charge in [-0.05, 0) is 31.9 Å². The molecule has 0 bridgehead atoms. The molecule has 3 rings (SSSR count). The molecule has 0 radical (unpaired) electrons. The van der Waals surface area contributed by atoms with Crippen LogP contribution < -0.4 is 5.56 Å². The molecule has 2 atom stereocenters. The van der Waals surface area contributed by atoms with Crippen LogP contribution in [0.3, 0.4) is 0 Å². The number of rotatable bonds is 2. The molecule has 1 amide bonds. The van der Waals surface area contributed by atoms with Gasteiger partial charge in [-0.2, -0.15) is 0 Å². The van der Waals surface area contributed by atoms with E-state index in [1.54, 1.807) is 11.8 Å². The number of carbonyl (C=O) groups is 1. The standard InChI is InChI=1S/C17H20N2O3/c1-10-13-5-3-4-6-14(13)18-16(21)15(10)17(22)19-8-7-12(9-19)11(2)20/h3-6,11-12,20H,7-9H2,1-2H3,(H,18,21). The number of fused-ring (bicyclic) bond motifs is 1. The second-order valence-electron chi connectivity index (χ2n) is 6.04. The number of aliphatic hydroxyl groups excluding tert-OH is 1. The van der Waals surface area contributed by atoms with Gasteiger partial charge in [0.25, 0.3) is 11.5 Å².